The van der Waals surface area contributed by atoms with Crippen LogP contribution in [-0.4, -0.2) is 60.5 Å². The first kappa shape index (κ1) is 10.3. The molecule has 76 valence electrons. The maximum absolute atomic E-state index is 8.85. The van der Waals surface area contributed by atoms with Crippen molar-refractivity contribution in [2.75, 3.05) is 33.4 Å². The van der Waals surface area contributed by atoms with E-state index in [9.17, 15) is 0 Å². The average Bonchev–Trinajstić information content (AvgIpc) is 2.17. The highest BCUT2D eigenvalue weighted by atomic mass is 16.3. The van der Waals surface area contributed by atoms with Crippen LogP contribution < -0.4 is 5.32 Å². The van der Waals surface area contributed by atoms with Gasteiger partial charge >= 0.3 is 0 Å². The van der Waals surface area contributed by atoms with Crippen LogP contribution in [0.3, 0.4) is 0 Å². The molecule has 0 aromatic carbocycles. The first-order chi connectivity index (χ1) is 6.27. The van der Waals surface area contributed by atoms with Crippen LogP contribution in [0.25, 0.3) is 0 Å². The molecule has 5 heteroatoms. The van der Waals surface area contributed by atoms with Crippen LogP contribution in [0.4, 0.5) is 0 Å². The summed E-state index contributed by atoms with van der Waals surface area (Å²) in [6.07, 6.45) is 1.06. The average molecular weight is 187 g/mol. The number of nitrogens with one attached hydrogen (secondary N) is 1. The summed E-state index contributed by atoms with van der Waals surface area (Å²) in [5.41, 5.74) is 0. The Bertz CT molecular complexity index is 180. The second-order valence-corrected chi connectivity index (χ2v) is 3.19. The SMILES string of the molecule is CN1CCCN=C1NC(CO)CO. The van der Waals surface area contributed by atoms with Gasteiger partial charge in [0.15, 0.2) is 5.96 Å². The number of aliphatic imine (C=N–C) groups is 1. The molecule has 0 aliphatic carbocycles. The van der Waals surface area contributed by atoms with Gasteiger partial charge in [-0.05, 0) is 6.42 Å². The molecule has 3 N–H and O–H groups in total. The Labute approximate surface area is 78.1 Å². The molecule has 5 nitrogen and oxygen atoms in total. The summed E-state index contributed by atoms with van der Waals surface area (Å²) >= 11 is 0. The Morgan fingerprint density at radius 1 is 1.54 bits per heavy atom. The summed E-state index contributed by atoms with van der Waals surface area (Å²) in [5.74, 6) is 0.763. The van der Waals surface area contributed by atoms with Crippen LogP contribution in [0.2, 0.25) is 0 Å². The number of aliphatic hydroxyl groups excluding tert-OH is 2. The fourth-order valence-electron chi connectivity index (χ4n) is 1.21. The topological polar surface area (TPSA) is 68.1 Å². The predicted octanol–water partition coefficient (Wildman–Crippen LogP) is -1.38. The number of aliphatic hydroxyl groups is 2. The van der Waals surface area contributed by atoms with E-state index in [-0.39, 0.29) is 19.3 Å². The van der Waals surface area contributed by atoms with E-state index >= 15 is 0 Å². The Morgan fingerprint density at radius 3 is 2.77 bits per heavy atom. The van der Waals surface area contributed by atoms with E-state index in [4.69, 9.17) is 10.2 Å². The van der Waals surface area contributed by atoms with Crippen molar-refractivity contribution in [2.45, 2.75) is 12.5 Å². The molecule has 0 spiro atoms. The van der Waals surface area contributed by atoms with Gasteiger partial charge in [-0.15, -0.1) is 0 Å². The van der Waals surface area contributed by atoms with E-state index in [1.165, 1.54) is 0 Å². The monoisotopic (exact) mass is 187 g/mol. The number of nitrogens with zero attached hydrogens (tertiary/aromatic N) is 2. The van der Waals surface area contributed by atoms with Crippen molar-refractivity contribution in [3.63, 3.8) is 0 Å². The maximum Gasteiger partial charge on any atom is 0.194 e. The van der Waals surface area contributed by atoms with E-state index in [2.05, 4.69) is 10.3 Å². The third-order valence-corrected chi connectivity index (χ3v) is 2.05. The van der Waals surface area contributed by atoms with Gasteiger partial charge in [-0.3, -0.25) is 4.99 Å². The molecule has 0 radical (unpaired) electrons. The molecule has 1 aliphatic heterocycles. The van der Waals surface area contributed by atoms with Crippen LogP contribution in [0.1, 0.15) is 6.42 Å². The van der Waals surface area contributed by atoms with E-state index in [0.29, 0.717) is 0 Å². The van der Waals surface area contributed by atoms with Crippen LogP contribution in [0.15, 0.2) is 4.99 Å². The fraction of sp³-hybridized carbons (Fsp3) is 0.875. The third kappa shape index (κ3) is 2.86. The molecule has 1 rings (SSSR count). The second-order valence-electron chi connectivity index (χ2n) is 3.19. The molecule has 0 atom stereocenters. The van der Waals surface area contributed by atoms with Crippen molar-refractivity contribution in [1.29, 1.82) is 0 Å². The minimum absolute atomic E-state index is 0.0800. The van der Waals surface area contributed by atoms with E-state index < -0.39 is 0 Å². The minimum atomic E-state index is -0.306. The molecule has 0 saturated heterocycles. The highest BCUT2D eigenvalue weighted by Crippen LogP contribution is 1.98. The zero-order valence-electron chi connectivity index (χ0n) is 7.90. The van der Waals surface area contributed by atoms with Crippen molar-refractivity contribution in [3.8, 4) is 0 Å². The Balaban J connectivity index is 2.45. The van der Waals surface area contributed by atoms with Gasteiger partial charge in [0.05, 0.1) is 19.3 Å². The second kappa shape index (κ2) is 5.04. The molecule has 1 aliphatic rings. The van der Waals surface area contributed by atoms with E-state index in [0.717, 1.165) is 25.5 Å². The highest BCUT2D eigenvalue weighted by molar-refractivity contribution is 5.80. The largest absolute Gasteiger partial charge is 0.394 e. The summed E-state index contributed by atoms with van der Waals surface area (Å²) in [4.78, 5) is 6.24. The summed E-state index contributed by atoms with van der Waals surface area (Å²) in [5, 5.41) is 20.7. The normalized spacial score (nSPS) is 17.5. The van der Waals surface area contributed by atoms with Crippen LogP contribution in [0.5, 0.6) is 0 Å². The molecule has 13 heavy (non-hydrogen) atoms. The molecule has 0 amide bonds. The molecule has 1 heterocycles. The zero-order valence-corrected chi connectivity index (χ0v) is 7.90. The van der Waals surface area contributed by atoms with Crippen LogP contribution in [-0.2, 0) is 0 Å². The van der Waals surface area contributed by atoms with Gasteiger partial charge in [0, 0.05) is 20.1 Å². The quantitative estimate of drug-likeness (QED) is 0.509. The first-order valence-corrected chi connectivity index (χ1v) is 4.51. The molecule has 0 bridgehead atoms. The first-order valence-electron chi connectivity index (χ1n) is 4.51. The minimum Gasteiger partial charge on any atom is -0.394 e. The molecule has 0 unspecified atom stereocenters. The molecule has 0 fully saturated rings. The van der Waals surface area contributed by atoms with Gasteiger partial charge in [-0.2, -0.15) is 0 Å². The van der Waals surface area contributed by atoms with Gasteiger partial charge in [-0.1, -0.05) is 0 Å². The van der Waals surface area contributed by atoms with Gasteiger partial charge < -0.3 is 20.4 Å². The number of rotatable bonds is 3. The summed E-state index contributed by atoms with van der Waals surface area (Å²) in [7, 11) is 1.94. The van der Waals surface area contributed by atoms with Gasteiger partial charge in [0.25, 0.3) is 0 Å². The molecule has 0 saturated carbocycles. The Morgan fingerprint density at radius 2 is 2.23 bits per heavy atom. The van der Waals surface area contributed by atoms with Crippen molar-refractivity contribution in [2.24, 2.45) is 4.99 Å². The lowest BCUT2D eigenvalue weighted by Gasteiger charge is -2.28. The lowest BCUT2D eigenvalue weighted by Crippen LogP contribution is -2.49. The fourth-order valence-corrected chi connectivity index (χ4v) is 1.21. The summed E-state index contributed by atoms with van der Waals surface area (Å²) < 4.78 is 0. The zero-order chi connectivity index (χ0) is 9.68. The van der Waals surface area contributed by atoms with Gasteiger partial charge in [0.2, 0.25) is 0 Å². The van der Waals surface area contributed by atoms with Gasteiger partial charge in [-0.25, -0.2) is 0 Å². The third-order valence-electron chi connectivity index (χ3n) is 2.05. The summed E-state index contributed by atoms with van der Waals surface area (Å²) in [6.45, 7) is 1.62. The molecular formula is C8H17N3O2. The van der Waals surface area contributed by atoms with Crippen molar-refractivity contribution in [3.05, 3.63) is 0 Å². The smallest absolute Gasteiger partial charge is 0.194 e. The predicted molar refractivity (Wildman–Crippen MR) is 50.6 cm³/mol. The van der Waals surface area contributed by atoms with E-state index in [1.807, 2.05) is 11.9 Å². The molecular weight excluding hydrogens is 170 g/mol. The van der Waals surface area contributed by atoms with Crippen molar-refractivity contribution in [1.82, 2.24) is 10.2 Å². The standard InChI is InChI=1S/C8H17N3O2/c1-11-4-2-3-9-8(11)10-7(5-12)6-13/h7,12-13H,2-6H2,1H3,(H,9,10). The lowest BCUT2D eigenvalue weighted by molar-refractivity contribution is 0.180. The Kier molecular flexibility index (Phi) is 3.98. The summed E-state index contributed by atoms with van der Waals surface area (Å²) in [6, 6.07) is -0.306. The molecule has 0 aromatic heterocycles. The number of hydrogen-bond donors (Lipinski definition) is 3. The maximum atomic E-state index is 8.85. The van der Waals surface area contributed by atoms with Crippen LogP contribution >= 0.6 is 0 Å². The van der Waals surface area contributed by atoms with Crippen molar-refractivity contribution >= 4 is 5.96 Å². The van der Waals surface area contributed by atoms with Gasteiger partial charge in [0.1, 0.15) is 0 Å². The van der Waals surface area contributed by atoms with Crippen molar-refractivity contribution < 1.29 is 10.2 Å². The molecule has 0 aromatic rings. The highest BCUT2D eigenvalue weighted by Gasteiger charge is 2.14. The lowest BCUT2D eigenvalue weighted by atomic mass is 10.3. The van der Waals surface area contributed by atoms with E-state index in [1.54, 1.807) is 0 Å². The van der Waals surface area contributed by atoms with Crippen LogP contribution in [0, 0.1) is 0 Å². The number of hydrogen-bond acceptors (Lipinski definition) is 5. The number of guanidine groups is 1. The Hall–Kier alpha value is -0.810.